The van der Waals surface area contributed by atoms with Crippen LogP contribution in [0.3, 0.4) is 0 Å². The molecule has 1 saturated heterocycles. The highest BCUT2D eigenvalue weighted by molar-refractivity contribution is 9.10. The van der Waals surface area contributed by atoms with E-state index in [0.29, 0.717) is 12.1 Å². The fraction of sp³-hybridized carbons (Fsp3) is 0.571. The van der Waals surface area contributed by atoms with Gasteiger partial charge in [0.25, 0.3) is 0 Å². The molecule has 2 rings (SSSR count). The number of rotatable bonds is 3. The maximum Gasteiger partial charge on any atom is 0.0640 e. The number of benzene rings is 1. The van der Waals surface area contributed by atoms with Crippen molar-refractivity contribution >= 4 is 33.2 Å². The molecule has 0 spiro atoms. The highest BCUT2D eigenvalue weighted by Crippen LogP contribution is 2.32. The largest absolute Gasteiger partial charge is 0.364 e. The number of piperazine rings is 1. The fourth-order valence-electron chi connectivity index (χ4n) is 2.50. The number of anilines is 1. The topological polar surface area (TPSA) is 15.3 Å². The van der Waals surface area contributed by atoms with Crippen molar-refractivity contribution < 1.29 is 0 Å². The highest BCUT2D eigenvalue weighted by atomic mass is 79.9. The van der Waals surface area contributed by atoms with Gasteiger partial charge in [0.1, 0.15) is 0 Å². The Kier molecular flexibility index (Phi) is 4.93. The van der Waals surface area contributed by atoms with Crippen molar-refractivity contribution in [2.75, 3.05) is 18.0 Å². The minimum absolute atomic E-state index is 0.527. The molecule has 0 aromatic heterocycles. The molecular formula is C14H20BrClN2. The van der Waals surface area contributed by atoms with E-state index in [-0.39, 0.29) is 0 Å². The molecule has 2 atom stereocenters. The summed E-state index contributed by atoms with van der Waals surface area (Å²) < 4.78 is 1.09. The van der Waals surface area contributed by atoms with Crippen molar-refractivity contribution in [1.82, 2.24) is 5.32 Å². The Labute approximate surface area is 123 Å². The van der Waals surface area contributed by atoms with Crippen LogP contribution in [-0.4, -0.2) is 25.2 Å². The lowest BCUT2D eigenvalue weighted by atomic mass is 10.0. The SMILES string of the molecule is CCC1CN(c2cc(Br)ccc2Cl)C(CC)CN1. The molecule has 0 saturated carbocycles. The molecule has 1 aromatic carbocycles. The Morgan fingerprint density at radius 3 is 2.83 bits per heavy atom. The Bertz CT molecular complexity index is 411. The van der Waals surface area contributed by atoms with Gasteiger partial charge in [0.2, 0.25) is 0 Å². The molecule has 1 aromatic rings. The minimum atomic E-state index is 0.527. The summed E-state index contributed by atoms with van der Waals surface area (Å²) in [7, 11) is 0. The normalized spacial score (nSPS) is 24.3. The van der Waals surface area contributed by atoms with E-state index < -0.39 is 0 Å². The molecule has 1 aliphatic heterocycles. The zero-order chi connectivity index (χ0) is 13.1. The van der Waals surface area contributed by atoms with Gasteiger partial charge in [-0.2, -0.15) is 0 Å². The highest BCUT2D eigenvalue weighted by Gasteiger charge is 2.27. The summed E-state index contributed by atoms with van der Waals surface area (Å²) in [6, 6.07) is 7.17. The van der Waals surface area contributed by atoms with E-state index in [9.17, 15) is 0 Å². The van der Waals surface area contributed by atoms with Crippen molar-refractivity contribution in [3.05, 3.63) is 27.7 Å². The fourth-order valence-corrected chi connectivity index (χ4v) is 3.08. The second-order valence-corrected chi connectivity index (χ2v) is 6.15. The predicted molar refractivity (Wildman–Crippen MR) is 82.7 cm³/mol. The molecule has 2 nitrogen and oxygen atoms in total. The van der Waals surface area contributed by atoms with E-state index >= 15 is 0 Å². The van der Waals surface area contributed by atoms with Crippen molar-refractivity contribution in [2.45, 2.75) is 38.8 Å². The quantitative estimate of drug-likeness (QED) is 0.898. The maximum atomic E-state index is 6.36. The van der Waals surface area contributed by atoms with Crippen molar-refractivity contribution in [3.63, 3.8) is 0 Å². The van der Waals surface area contributed by atoms with Gasteiger partial charge in [-0.05, 0) is 31.0 Å². The van der Waals surface area contributed by atoms with Crippen LogP contribution >= 0.6 is 27.5 Å². The molecule has 100 valence electrons. The third-order valence-corrected chi connectivity index (χ3v) is 4.49. The molecule has 1 fully saturated rings. The molecule has 0 aliphatic carbocycles. The Balaban J connectivity index is 2.29. The van der Waals surface area contributed by atoms with Gasteiger partial charge in [-0.3, -0.25) is 0 Å². The summed E-state index contributed by atoms with van der Waals surface area (Å²) in [4.78, 5) is 2.46. The minimum Gasteiger partial charge on any atom is -0.364 e. The number of nitrogens with one attached hydrogen (secondary N) is 1. The first-order valence-corrected chi connectivity index (χ1v) is 7.77. The van der Waals surface area contributed by atoms with Crippen LogP contribution in [0.5, 0.6) is 0 Å². The summed E-state index contributed by atoms with van der Waals surface area (Å²) in [6.45, 7) is 6.53. The van der Waals surface area contributed by atoms with E-state index in [2.05, 4.69) is 46.1 Å². The molecule has 2 unspecified atom stereocenters. The van der Waals surface area contributed by atoms with Gasteiger partial charge in [0.15, 0.2) is 0 Å². The Morgan fingerprint density at radius 1 is 1.39 bits per heavy atom. The lowest BCUT2D eigenvalue weighted by molar-refractivity contribution is 0.379. The van der Waals surface area contributed by atoms with Gasteiger partial charge in [-0.25, -0.2) is 0 Å². The standard InChI is InChI=1S/C14H20BrClN2/c1-3-11-9-18(12(4-2)8-17-11)14-7-10(15)5-6-13(14)16/h5-7,11-12,17H,3-4,8-9H2,1-2H3. The van der Waals surface area contributed by atoms with Gasteiger partial charge < -0.3 is 10.2 Å². The van der Waals surface area contributed by atoms with Crippen LogP contribution in [-0.2, 0) is 0 Å². The first-order valence-electron chi connectivity index (χ1n) is 6.60. The van der Waals surface area contributed by atoms with Crippen molar-refractivity contribution in [2.24, 2.45) is 0 Å². The van der Waals surface area contributed by atoms with Crippen LogP contribution in [0, 0.1) is 0 Å². The van der Waals surface area contributed by atoms with Crippen LogP contribution < -0.4 is 10.2 Å². The molecule has 18 heavy (non-hydrogen) atoms. The summed E-state index contributed by atoms with van der Waals surface area (Å²) in [5.74, 6) is 0. The Hall–Kier alpha value is -0.250. The molecule has 0 radical (unpaired) electrons. The monoisotopic (exact) mass is 330 g/mol. The average Bonchev–Trinajstić information content (AvgIpc) is 2.40. The lowest BCUT2D eigenvalue weighted by Crippen LogP contribution is -2.56. The third kappa shape index (κ3) is 3.01. The number of hydrogen-bond acceptors (Lipinski definition) is 2. The smallest absolute Gasteiger partial charge is 0.0640 e. The number of hydrogen-bond donors (Lipinski definition) is 1. The average molecular weight is 332 g/mol. The molecule has 4 heteroatoms. The first kappa shape index (κ1) is 14.2. The van der Waals surface area contributed by atoms with Crippen LogP contribution in [0.25, 0.3) is 0 Å². The molecule has 1 heterocycles. The van der Waals surface area contributed by atoms with Gasteiger partial charge in [-0.15, -0.1) is 0 Å². The second kappa shape index (κ2) is 6.27. The van der Waals surface area contributed by atoms with E-state index in [1.807, 2.05) is 12.1 Å². The predicted octanol–water partition coefficient (Wildman–Crippen LogP) is 4.07. The molecular weight excluding hydrogens is 312 g/mol. The van der Waals surface area contributed by atoms with Gasteiger partial charge in [0, 0.05) is 29.6 Å². The van der Waals surface area contributed by atoms with Crippen molar-refractivity contribution in [3.8, 4) is 0 Å². The van der Waals surface area contributed by atoms with Crippen LogP contribution in [0.2, 0.25) is 5.02 Å². The summed E-state index contributed by atoms with van der Waals surface area (Å²) in [5.41, 5.74) is 1.15. The molecule has 1 aliphatic rings. The Morgan fingerprint density at radius 2 is 2.17 bits per heavy atom. The zero-order valence-corrected chi connectivity index (χ0v) is 13.3. The van der Waals surface area contributed by atoms with Crippen LogP contribution in [0.4, 0.5) is 5.69 Å². The van der Waals surface area contributed by atoms with Gasteiger partial charge >= 0.3 is 0 Å². The molecule has 0 amide bonds. The number of nitrogens with zero attached hydrogens (tertiary/aromatic N) is 1. The van der Waals surface area contributed by atoms with Crippen LogP contribution in [0.15, 0.2) is 22.7 Å². The lowest BCUT2D eigenvalue weighted by Gasteiger charge is -2.42. The summed E-state index contributed by atoms with van der Waals surface area (Å²) in [6.07, 6.45) is 2.28. The molecule has 0 bridgehead atoms. The number of halogens is 2. The second-order valence-electron chi connectivity index (χ2n) is 4.82. The molecule has 1 N–H and O–H groups in total. The van der Waals surface area contributed by atoms with Crippen molar-refractivity contribution in [1.29, 1.82) is 0 Å². The zero-order valence-electron chi connectivity index (χ0n) is 10.9. The maximum absolute atomic E-state index is 6.36. The third-order valence-electron chi connectivity index (χ3n) is 3.68. The van der Waals surface area contributed by atoms with Gasteiger partial charge in [0.05, 0.1) is 10.7 Å². The first-order chi connectivity index (χ1) is 8.65. The van der Waals surface area contributed by atoms with E-state index in [0.717, 1.165) is 41.1 Å². The van der Waals surface area contributed by atoms with E-state index in [1.165, 1.54) is 0 Å². The van der Waals surface area contributed by atoms with Gasteiger partial charge in [-0.1, -0.05) is 41.4 Å². The van der Waals surface area contributed by atoms with E-state index in [1.54, 1.807) is 0 Å². The summed E-state index contributed by atoms with van der Waals surface area (Å²) in [5, 5.41) is 4.45. The van der Waals surface area contributed by atoms with E-state index in [4.69, 9.17) is 11.6 Å². The summed E-state index contributed by atoms with van der Waals surface area (Å²) >= 11 is 9.90. The van der Waals surface area contributed by atoms with Crippen LogP contribution in [0.1, 0.15) is 26.7 Å².